The van der Waals surface area contributed by atoms with Crippen LogP contribution in [0.2, 0.25) is 0 Å². The van der Waals surface area contributed by atoms with Crippen LogP contribution in [0.3, 0.4) is 0 Å². The average molecular weight is 283 g/mol. The fourth-order valence-electron chi connectivity index (χ4n) is 2.34. The Morgan fingerprint density at radius 2 is 1.67 bits per heavy atom. The fraction of sp³-hybridized carbons (Fsp3) is 0.368. The predicted molar refractivity (Wildman–Crippen MR) is 88.5 cm³/mol. The molecule has 0 unspecified atom stereocenters. The maximum absolute atomic E-state index is 5.99. The van der Waals surface area contributed by atoms with Gasteiger partial charge in [-0.05, 0) is 29.0 Å². The van der Waals surface area contributed by atoms with Crippen LogP contribution >= 0.6 is 0 Å². The number of hydrogen-bond acceptors (Lipinski definition) is 2. The van der Waals surface area contributed by atoms with E-state index in [1.165, 1.54) is 11.1 Å². The van der Waals surface area contributed by atoms with E-state index in [0.717, 1.165) is 16.9 Å². The van der Waals surface area contributed by atoms with E-state index in [-0.39, 0.29) is 5.41 Å². The number of aryl methyl sites for hydroxylation is 1. The summed E-state index contributed by atoms with van der Waals surface area (Å²) >= 11 is 0. The van der Waals surface area contributed by atoms with E-state index in [1.54, 1.807) is 0 Å². The first-order valence-electron chi connectivity index (χ1n) is 7.42. The van der Waals surface area contributed by atoms with E-state index in [4.69, 9.17) is 10.5 Å². The monoisotopic (exact) mass is 283 g/mol. The molecule has 0 saturated carbocycles. The highest BCUT2D eigenvalue weighted by atomic mass is 16.5. The van der Waals surface area contributed by atoms with E-state index in [2.05, 4.69) is 58.0 Å². The largest absolute Gasteiger partial charge is 0.488 e. The number of benzene rings is 2. The summed E-state index contributed by atoms with van der Waals surface area (Å²) in [5, 5.41) is 0. The lowest BCUT2D eigenvalue weighted by Crippen LogP contribution is -2.11. The molecule has 0 radical (unpaired) electrons. The zero-order valence-electron chi connectivity index (χ0n) is 13.4. The summed E-state index contributed by atoms with van der Waals surface area (Å²) in [6.45, 7) is 9.79. The van der Waals surface area contributed by atoms with Gasteiger partial charge in [0, 0.05) is 12.1 Å². The highest BCUT2D eigenvalue weighted by molar-refractivity contribution is 5.41. The second kappa shape index (κ2) is 6.31. The van der Waals surface area contributed by atoms with Crippen LogP contribution < -0.4 is 10.5 Å². The number of rotatable bonds is 4. The molecule has 112 valence electrons. The summed E-state index contributed by atoms with van der Waals surface area (Å²) in [5.41, 5.74) is 10.7. The Hall–Kier alpha value is -1.80. The average Bonchev–Trinajstić information content (AvgIpc) is 2.45. The van der Waals surface area contributed by atoms with Crippen LogP contribution in [0.1, 0.15) is 43.0 Å². The molecule has 0 heterocycles. The van der Waals surface area contributed by atoms with Gasteiger partial charge in [0.05, 0.1) is 0 Å². The van der Waals surface area contributed by atoms with E-state index in [9.17, 15) is 0 Å². The van der Waals surface area contributed by atoms with E-state index < -0.39 is 0 Å². The lowest BCUT2D eigenvalue weighted by molar-refractivity contribution is 0.301. The van der Waals surface area contributed by atoms with Gasteiger partial charge in [0.15, 0.2) is 0 Å². The second-order valence-corrected chi connectivity index (χ2v) is 6.50. The van der Waals surface area contributed by atoms with Crippen molar-refractivity contribution in [2.45, 2.75) is 46.3 Å². The SMILES string of the molecule is Cc1cccc(CN)c1OCc1ccc(C(C)(C)C)cc1. The number of para-hydroxylation sites is 1. The highest BCUT2D eigenvalue weighted by Crippen LogP contribution is 2.25. The normalized spacial score (nSPS) is 11.5. The van der Waals surface area contributed by atoms with Gasteiger partial charge in [0.1, 0.15) is 12.4 Å². The molecule has 2 rings (SSSR count). The molecule has 2 nitrogen and oxygen atoms in total. The first-order chi connectivity index (χ1) is 9.91. The Balaban J connectivity index is 2.10. The van der Waals surface area contributed by atoms with E-state index in [1.807, 2.05) is 12.1 Å². The van der Waals surface area contributed by atoms with Gasteiger partial charge in [0.2, 0.25) is 0 Å². The number of ether oxygens (including phenoxy) is 1. The molecule has 2 aromatic carbocycles. The molecule has 0 spiro atoms. The van der Waals surface area contributed by atoms with Gasteiger partial charge in [0.25, 0.3) is 0 Å². The molecular weight excluding hydrogens is 258 g/mol. The fourth-order valence-corrected chi connectivity index (χ4v) is 2.34. The van der Waals surface area contributed by atoms with Crippen LogP contribution in [0.25, 0.3) is 0 Å². The van der Waals surface area contributed by atoms with Gasteiger partial charge in [-0.2, -0.15) is 0 Å². The van der Waals surface area contributed by atoms with Crippen molar-refractivity contribution in [3.63, 3.8) is 0 Å². The molecule has 0 aliphatic heterocycles. The van der Waals surface area contributed by atoms with E-state index in [0.29, 0.717) is 13.2 Å². The third-order valence-corrected chi connectivity index (χ3v) is 3.72. The molecule has 21 heavy (non-hydrogen) atoms. The lowest BCUT2D eigenvalue weighted by atomic mass is 9.87. The van der Waals surface area contributed by atoms with Crippen molar-refractivity contribution in [1.29, 1.82) is 0 Å². The minimum Gasteiger partial charge on any atom is -0.488 e. The molecule has 0 atom stereocenters. The molecular formula is C19H25NO. The summed E-state index contributed by atoms with van der Waals surface area (Å²) in [7, 11) is 0. The van der Waals surface area contributed by atoms with Gasteiger partial charge in [-0.3, -0.25) is 0 Å². The maximum atomic E-state index is 5.99. The zero-order chi connectivity index (χ0) is 15.5. The second-order valence-electron chi connectivity index (χ2n) is 6.50. The molecule has 0 bridgehead atoms. The van der Waals surface area contributed by atoms with Crippen molar-refractivity contribution in [3.05, 3.63) is 64.7 Å². The smallest absolute Gasteiger partial charge is 0.127 e. The molecule has 0 fully saturated rings. The maximum Gasteiger partial charge on any atom is 0.127 e. The summed E-state index contributed by atoms with van der Waals surface area (Å²) in [4.78, 5) is 0. The van der Waals surface area contributed by atoms with Crippen molar-refractivity contribution in [2.75, 3.05) is 0 Å². The van der Waals surface area contributed by atoms with Gasteiger partial charge >= 0.3 is 0 Å². The summed E-state index contributed by atoms with van der Waals surface area (Å²) in [6.07, 6.45) is 0. The molecule has 0 amide bonds. The molecule has 2 heteroatoms. The van der Waals surface area contributed by atoms with Crippen LogP contribution in [0, 0.1) is 6.92 Å². The van der Waals surface area contributed by atoms with Gasteiger partial charge in [-0.25, -0.2) is 0 Å². The Morgan fingerprint density at radius 1 is 1.00 bits per heavy atom. The number of hydrogen-bond donors (Lipinski definition) is 1. The highest BCUT2D eigenvalue weighted by Gasteiger charge is 2.13. The number of nitrogens with two attached hydrogens (primary N) is 1. The quantitative estimate of drug-likeness (QED) is 0.906. The molecule has 2 aromatic rings. The van der Waals surface area contributed by atoms with Crippen molar-refractivity contribution >= 4 is 0 Å². The van der Waals surface area contributed by atoms with Crippen molar-refractivity contribution < 1.29 is 4.74 Å². The van der Waals surface area contributed by atoms with Crippen LogP contribution in [0.4, 0.5) is 0 Å². The van der Waals surface area contributed by atoms with Crippen molar-refractivity contribution in [3.8, 4) is 5.75 Å². The minimum atomic E-state index is 0.183. The summed E-state index contributed by atoms with van der Waals surface area (Å²) < 4.78 is 5.99. The summed E-state index contributed by atoms with van der Waals surface area (Å²) in [5.74, 6) is 0.917. The topological polar surface area (TPSA) is 35.2 Å². The van der Waals surface area contributed by atoms with Crippen LogP contribution in [-0.2, 0) is 18.6 Å². The van der Waals surface area contributed by atoms with Crippen LogP contribution in [0.15, 0.2) is 42.5 Å². The van der Waals surface area contributed by atoms with Crippen LogP contribution in [-0.4, -0.2) is 0 Å². The van der Waals surface area contributed by atoms with Crippen LogP contribution in [0.5, 0.6) is 5.75 Å². The van der Waals surface area contributed by atoms with Gasteiger partial charge in [-0.15, -0.1) is 0 Å². The standard InChI is InChI=1S/C19H25NO/c1-14-6-5-7-16(12-20)18(14)21-13-15-8-10-17(11-9-15)19(2,3)4/h5-11H,12-13,20H2,1-4H3. The first kappa shape index (κ1) is 15.6. The Labute approximate surface area is 127 Å². The lowest BCUT2D eigenvalue weighted by Gasteiger charge is -2.19. The molecule has 0 aliphatic rings. The predicted octanol–water partition coefficient (Wildman–Crippen LogP) is 4.33. The van der Waals surface area contributed by atoms with E-state index >= 15 is 0 Å². The molecule has 0 saturated heterocycles. The summed E-state index contributed by atoms with van der Waals surface area (Å²) in [6, 6.07) is 14.7. The van der Waals surface area contributed by atoms with Gasteiger partial charge < -0.3 is 10.5 Å². The molecule has 0 aromatic heterocycles. The Bertz CT molecular complexity index is 594. The zero-order valence-corrected chi connectivity index (χ0v) is 13.4. The minimum absolute atomic E-state index is 0.183. The third-order valence-electron chi connectivity index (χ3n) is 3.72. The van der Waals surface area contributed by atoms with Crippen molar-refractivity contribution in [1.82, 2.24) is 0 Å². The Morgan fingerprint density at radius 3 is 2.24 bits per heavy atom. The van der Waals surface area contributed by atoms with Gasteiger partial charge in [-0.1, -0.05) is 63.2 Å². The molecule has 0 aliphatic carbocycles. The third kappa shape index (κ3) is 3.85. The first-order valence-corrected chi connectivity index (χ1v) is 7.42. The Kier molecular flexibility index (Phi) is 4.69. The van der Waals surface area contributed by atoms with Crippen molar-refractivity contribution in [2.24, 2.45) is 5.73 Å². The molecule has 2 N–H and O–H groups in total.